The maximum atomic E-state index is 3.31. The zero-order chi connectivity index (χ0) is 6.24. The Labute approximate surface area is 62.5 Å². The van der Waals surface area contributed by atoms with Gasteiger partial charge in [-0.3, -0.25) is 0 Å². The van der Waals surface area contributed by atoms with Gasteiger partial charge in [0.25, 0.3) is 0 Å². The summed E-state index contributed by atoms with van der Waals surface area (Å²) < 4.78 is 2.88. The van der Waals surface area contributed by atoms with Gasteiger partial charge in [0, 0.05) is 0 Å². The van der Waals surface area contributed by atoms with E-state index in [4.69, 9.17) is 0 Å². The van der Waals surface area contributed by atoms with Crippen LogP contribution in [0.25, 0.3) is 0 Å². The molecule has 8 heavy (non-hydrogen) atoms. The summed E-state index contributed by atoms with van der Waals surface area (Å²) in [7, 11) is 0. The van der Waals surface area contributed by atoms with Gasteiger partial charge in [-0.2, -0.15) is 0 Å². The van der Waals surface area contributed by atoms with Gasteiger partial charge in [-0.25, -0.2) is 0 Å². The predicted molar refractivity (Wildman–Crippen MR) is 34.0 cm³/mol. The van der Waals surface area contributed by atoms with Gasteiger partial charge >= 0.3 is 62.3 Å². The van der Waals surface area contributed by atoms with Crippen molar-refractivity contribution in [1.82, 2.24) is 5.32 Å². The number of halogens is 1. The zero-order valence-corrected chi connectivity index (χ0v) is 7.86. The van der Waals surface area contributed by atoms with Crippen molar-refractivity contribution in [2.75, 3.05) is 21.9 Å². The summed E-state index contributed by atoms with van der Waals surface area (Å²) in [6.45, 7) is 6.81. The van der Waals surface area contributed by atoms with E-state index in [9.17, 15) is 0 Å². The first kappa shape index (κ1) is 8.69. The molecule has 1 nitrogen and oxygen atoms in total. The van der Waals surface area contributed by atoms with E-state index in [0.717, 1.165) is 6.54 Å². The molecule has 0 fully saturated rings. The third kappa shape index (κ3) is 6.69. The van der Waals surface area contributed by atoms with Crippen molar-refractivity contribution >= 4 is 0 Å². The van der Waals surface area contributed by atoms with Crippen molar-refractivity contribution < 1.29 is 21.2 Å². The van der Waals surface area contributed by atoms with Crippen LogP contribution in [0.15, 0.2) is 0 Å². The molecule has 0 bridgehead atoms. The number of hydrogen-bond acceptors (Lipinski definition) is 1. The summed E-state index contributed by atoms with van der Waals surface area (Å²) in [4.78, 5) is 0. The fourth-order valence-corrected chi connectivity index (χ4v) is 1.97. The van der Waals surface area contributed by atoms with Crippen LogP contribution in [-0.2, 0) is 0 Å². The van der Waals surface area contributed by atoms with Gasteiger partial charge in [0.2, 0.25) is 0 Å². The first-order chi connectivity index (χ1) is 3.91. The second-order valence-electron chi connectivity index (χ2n) is 1.50. The summed E-state index contributed by atoms with van der Waals surface area (Å²) in [5, 5.41) is 3.31. The summed E-state index contributed by atoms with van der Waals surface area (Å²) in [5.41, 5.74) is 0. The Hall–Kier alpha value is 0.690. The van der Waals surface area contributed by atoms with Gasteiger partial charge in [0.15, 0.2) is 0 Å². The van der Waals surface area contributed by atoms with Crippen LogP contribution in [0.3, 0.4) is 0 Å². The quantitative estimate of drug-likeness (QED) is 0.317. The van der Waals surface area contributed by atoms with E-state index in [0.29, 0.717) is 21.2 Å². The van der Waals surface area contributed by atoms with Gasteiger partial charge in [-0.15, -0.1) is 0 Å². The Morgan fingerprint density at radius 3 is 2.62 bits per heavy atom. The summed E-state index contributed by atoms with van der Waals surface area (Å²) in [6.07, 6.45) is 0. The molecule has 0 heterocycles. The van der Waals surface area contributed by atoms with Crippen molar-refractivity contribution in [3.8, 4) is 0 Å². The minimum atomic E-state index is 0.553. The van der Waals surface area contributed by atoms with Crippen molar-refractivity contribution in [2.24, 2.45) is 0 Å². The predicted octanol–water partition coefficient (Wildman–Crippen LogP) is -2.30. The van der Waals surface area contributed by atoms with Gasteiger partial charge < -0.3 is 0 Å². The molecule has 0 rings (SSSR count). The fourth-order valence-electron chi connectivity index (χ4n) is 0.444. The molecule has 0 radical (unpaired) electrons. The van der Waals surface area contributed by atoms with Gasteiger partial charge in [-0.1, -0.05) is 0 Å². The van der Waals surface area contributed by atoms with Crippen LogP contribution in [0.4, 0.5) is 0 Å². The Morgan fingerprint density at radius 2 is 2.12 bits per heavy atom. The molecule has 1 N–H and O–H groups in total. The average molecular weight is 228 g/mol. The van der Waals surface area contributed by atoms with Crippen LogP contribution in [0, 0.1) is 0 Å². The summed E-state index contributed by atoms with van der Waals surface area (Å²) >= 11 is 0.553. The molecule has 0 aromatic rings. The Bertz CT molecular complexity index is 33.5. The van der Waals surface area contributed by atoms with Crippen molar-refractivity contribution in [1.29, 1.82) is 0 Å². The van der Waals surface area contributed by atoms with Crippen molar-refractivity contribution in [3.63, 3.8) is 0 Å². The van der Waals surface area contributed by atoms with E-state index in [-0.39, 0.29) is 0 Å². The molecular weight excluding hydrogens is 213 g/mol. The average Bonchev–Trinajstić information content (AvgIpc) is 1.81. The third-order valence-corrected chi connectivity index (χ3v) is 3.22. The van der Waals surface area contributed by atoms with Crippen LogP contribution >= 0.6 is 0 Å². The molecule has 0 amide bonds. The number of rotatable bonds is 5. The van der Waals surface area contributed by atoms with E-state index < -0.39 is 0 Å². The van der Waals surface area contributed by atoms with E-state index in [1.54, 1.807) is 0 Å². The van der Waals surface area contributed by atoms with E-state index in [1.165, 1.54) is 15.4 Å². The van der Waals surface area contributed by atoms with Crippen LogP contribution in [0.1, 0.15) is 13.8 Å². The van der Waals surface area contributed by atoms with Crippen molar-refractivity contribution in [2.45, 2.75) is 13.8 Å². The SMILES string of the molecule is CCNCC[I-]CC. The molecule has 0 aliphatic heterocycles. The monoisotopic (exact) mass is 228 g/mol. The summed E-state index contributed by atoms with van der Waals surface area (Å²) in [6, 6.07) is 0. The molecule has 2 heteroatoms. The Balaban J connectivity index is 2.53. The topological polar surface area (TPSA) is 12.0 Å². The van der Waals surface area contributed by atoms with E-state index in [2.05, 4.69) is 19.2 Å². The number of nitrogens with one attached hydrogen (secondary N) is 1. The minimum absolute atomic E-state index is 0.553. The zero-order valence-electron chi connectivity index (χ0n) is 5.71. The molecule has 0 aromatic carbocycles. The number of hydrogen-bond donors (Lipinski definition) is 1. The Kier molecular flexibility index (Phi) is 8.35. The molecule has 0 saturated carbocycles. The third-order valence-electron chi connectivity index (χ3n) is 0.844. The summed E-state index contributed by atoms with van der Waals surface area (Å²) in [5.74, 6) is 0. The normalized spacial score (nSPS) is 10.2. The number of alkyl halides is 2. The first-order valence-corrected chi connectivity index (χ1v) is 6.21. The van der Waals surface area contributed by atoms with Gasteiger partial charge in [-0.05, 0) is 0 Å². The first-order valence-electron chi connectivity index (χ1n) is 3.16. The van der Waals surface area contributed by atoms with Crippen molar-refractivity contribution in [3.05, 3.63) is 0 Å². The molecular formula is C6H15IN-. The molecule has 0 unspecified atom stereocenters. The van der Waals surface area contributed by atoms with Crippen LogP contribution in [0.5, 0.6) is 0 Å². The molecule has 0 saturated heterocycles. The second-order valence-corrected chi connectivity index (χ2v) is 5.18. The maximum absolute atomic E-state index is 3.31. The van der Waals surface area contributed by atoms with Gasteiger partial charge in [0.05, 0.1) is 0 Å². The molecule has 0 spiro atoms. The van der Waals surface area contributed by atoms with E-state index >= 15 is 0 Å². The molecule has 0 aromatic heterocycles. The van der Waals surface area contributed by atoms with Gasteiger partial charge in [0.1, 0.15) is 0 Å². The molecule has 52 valence electrons. The second kappa shape index (κ2) is 7.69. The van der Waals surface area contributed by atoms with Crippen LogP contribution in [0.2, 0.25) is 0 Å². The van der Waals surface area contributed by atoms with Crippen LogP contribution < -0.4 is 26.5 Å². The molecule has 0 aliphatic carbocycles. The Morgan fingerprint density at radius 1 is 1.38 bits per heavy atom. The molecule has 0 aliphatic rings. The standard InChI is InChI=1S/C6H15IN/c1-3-7-5-6-8-4-2/h8H,3-6H2,1-2H3/q-1. The van der Waals surface area contributed by atoms with E-state index in [1.807, 2.05) is 0 Å². The molecule has 0 atom stereocenters. The van der Waals surface area contributed by atoms with Crippen LogP contribution in [-0.4, -0.2) is 21.9 Å². The fraction of sp³-hybridized carbons (Fsp3) is 1.00.